The lowest BCUT2D eigenvalue weighted by molar-refractivity contribution is -0.138. The van der Waals surface area contributed by atoms with Gasteiger partial charge in [-0.25, -0.2) is 9.59 Å². The number of hydrogen-bond acceptors (Lipinski definition) is 5. The number of ether oxygens (including phenoxy) is 1. The third kappa shape index (κ3) is 6.48. The first-order valence-electron chi connectivity index (χ1n) is 12.0. The Hall–Kier alpha value is -3.10. The van der Waals surface area contributed by atoms with Crippen molar-refractivity contribution in [2.24, 2.45) is 13.0 Å². The lowest BCUT2D eigenvalue weighted by atomic mass is 9.88. The summed E-state index contributed by atoms with van der Waals surface area (Å²) in [5, 5.41) is 0.532. The summed E-state index contributed by atoms with van der Waals surface area (Å²) in [4.78, 5) is 53.3. The Labute approximate surface area is 199 Å². The molecule has 2 heterocycles. The van der Waals surface area contributed by atoms with Gasteiger partial charge in [0, 0.05) is 39.1 Å². The van der Waals surface area contributed by atoms with Crippen LogP contribution in [0.25, 0.3) is 10.9 Å². The number of benzene rings is 1. The molecule has 1 aliphatic heterocycles. The molecule has 186 valence electrons. The molecule has 2 aliphatic rings. The zero-order valence-corrected chi connectivity index (χ0v) is 20.6. The van der Waals surface area contributed by atoms with Gasteiger partial charge in [0.25, 0.3) is 5.56 Å². The predicted octanol–water partition coefficient (Wildman–Crippen LogP) is 2.87. The molecule has 9 heteroatoms. The van der Waals surface area contributed by atoms with E-state index in [-0.39, 0.29) is 23.3 Å². The second-order valence-corrected chi connectivity index (χ2v) is 9.97. The zero-order chi connectivity index (χ0) is 24.9. The van der Waals surface area contributed by atoms with Crippen molar-refractivity contribution in [2.75, 3.05) is 26.2 Å². The Bertz CT molecular complexity index is 1120. The predicted molar refractivity (Wildman–Crippen MR) is 131 cm³/mol. The summed E-state index contributed by atoms with van der Waals surface area (Å²) in [5.74, 6) is 0.505. The maximum atomic E-state index is 12.4. The molecule has 9 nitrogen and oxygen atoms in total. The van der Waals surface area contributed by atoms with Crippen molar-refractivity contribution in [3.8, 4) is 0 Å². The fourth-order valence-corrected chi connectivity index (χ4v) is 4.29. The first-order chi connectivity index (χ1) is 16.1. The number of carbonyl (C=O) groups is 2. The van der Waals surface area contributed by atoms with Crippen molar-refractivity contribution in [1.82, 2.24) is 19.4 Å². The minimum absolute atomic E-state index is 0.215. The minimum Gasteiger partial charge on any atom is -0.444 e. The third-order valence-corrected chi connectivity index (χ3v) is 6.21. The number of H-pyrrole nitrogens is 1. The van der Waals surface area contributed by atoms with Crippen LogP contribution in [0.1, 0.15) is 52.9 Å². The highest BCUT2D eigenvalue weighted by molar-refractivity contribution is 5.79. The lowest BCUT2D eigenvalue weighted by Gasteiger charge is -2.37. The van der Waals surface area contributed by atoms with E-state index < -0.39 is 5.60 Å². The number of rotatable bonds is 1. The van der Waals surface area contributed by atoms with Gasteiger partial charge in [0.1, 0.15) is 5.60 Å². The number of fused-ring (bicyclic) bond motifs is 1. The molecule has 1 aromatic heterocycles. The quantitative estimate of drug-likeness (QED) is 0.687. The summed E-state index contributed by atoms with van der Waals surface area (Å²) in [6, 6.07) is 6.94. The van der Waals surface area contributed by atoms with Gasteiger partial charge in [-0.15, -0.1) is 0 Å². The van der Waals surface area contributed by atoms with Crippen molar-refractivity contribution in [3.63, 3.8) is 0 Å². The molecule has 0 radical (unpaired) electrons. The highest BCUT2D eigenvalue weighted by atomic mass is 16.6. The summed E-state index contributed by atoms with van der Waals surface area (Å²) >= 11 is 0. The van der Waals surface area contributed by atoms with Gasteiger partial charge in [-0.05, 0) is 45.7 Å². The molecule has 0 bridgehead atoms. The number of hydrogen-bond donors (Lipinski definition) is 1. The molecule has 4 rings (SSSR count). The average Bonchev–Trinajstić information content (AvgIpc) is 2.82. The van der Waals surface area contributed by atoms with Crippen LogP contribution in [0.2, 0.25) is 0 Å². The van der Waals surface area contributed by atoms with Crippen LogP contribution < -0.4 is 11.2 Å². The fourth-order valence-electron chi connectivity index (χ4n) is 4.29. The third-order valence-electron chi connectivity index (χ3n) is 6.21. The topological polar surface area (TPSA) is 105 Å². The van der Waals surface area contributed by atoms with Gasteiger partial charge in [-0.1, -0.05) is 31.4 Å². The van der Waals surface area contributed by atoms with E-state index in [2.05, 4.69) is 4.98 Å². The molecule has 0 unspecified atom stereocenters. The Morgan fingerprint density at radius 2 is 1.53 bits per heavy atom. The molecule has 2 fully saturated rings. The molecule has 1 aromatic carbocycles. The summed E-state index contributed by atoms with van der Waals surface area (Å²) < 4.78 is 6.43. The summed E-state index contributed by atoms with van der Waals surface area (Å²) in [6.07, 6.45) is 5.40. The Morgan fingerprint density at radius 1 is 0.941 bits per heavy atom. The number of nitrogens with one attached hydrogen (secondary N) is 1. The van der Waals surface area contributed by atoms with Crippen LogP contribution >= 0.6 is 0 Å². The SMILES string of the molecule is CC(C)(C)OC(=O)N1CCN(C(=O)C2CCCCC2)CC1.Cn1c(=O)[nH]c2ccccc2c1=O. The van der Waals surface area contributed by atoms with Crippen LogP contribution in [0, 0.1) is 5.92 Å². The van der Waals surface area contributed by atoms with Gasteiger partial charge in [0.05, 0.1) is 10.9 Å². The van der Waals surface area contributed by atoms with E-state index in [0.717, 1.165) is 17.4 Å². The van der Waals surface area contributed by atoms with Crippen LogP contribution in [0.15, 0.2) is 33.9 Å². The van der Waals surface area contributed by atoms with Crippen molar-refractivity contribution in [3.05, 3.63) is 45.1 Å². The van der Waals surface area contributed by atoms with E-state index in [0.29, 0.717) is 43.0 Å². The Morgan fingerprint density at radius 3 is 2.15 bits per heavy atom. The largest absolute Gasteiger partial charge is 0.444 e. The first kappa shape index (κ1) is 25.5. The van der Waals surface area contributed by atoms with Crippen LogP contribution in [0.5, 0.6) is 0 Å². The molecule has 2 aromatic rings. The Balaban J connectivity index is 0.000000212. The minimum atomic E-state index is -0.466. The second-order valence-electron chi connectivity index (χ2n) is 9.97. The molecule has 1 saturated heterocycles. The van der Waals surface area contributed by atoms with E-state index in [4.69, 9.17) is 4.74 Å². The number of carbonyl (C=O) groups excluding carboxylic acids is 2. The summed E-state index contributed by atoms with van der Waals surface area (Å²) in [6.45, 7) is 8.03. The number of nitrogens with zero attached hydrogens (tertiary/aromatic N) is 3. The standard InChI is InChI=1S/C16H28N2O3.C9H8N2O2/c1-16(2,3)21-15(20)18-11-9-17(10-12-18)14(19)13-7-5-4-6-8-13;1-11-8(12)6-4-2-3-5-7(6)10-9(11)13/h13H,4-12H2,1-3H3;2-5H,1H3,(H,10,13). The van der Waals surface area contributed by atoms with E-state index in [9.17, 15) is 19.2 Å². The monoisotopic (exact) mass is 472 g/mol. The van der Waals surface area contributed by atoms with E-state index in [1.54, 1.807) is 29.2 Å². The second kappa shape index (κ2) is 10.9. The number of aromatic nitrogens is 2. The van der Waals surface area contributed by atoms with Crippen LogP contribution in [-0.4, -0.2) is 63.1 Å². The summed E-state index contributed by atoms with van der Waals surface area (Å²) in [7, 11) is 1.45. The van der Waals surface area contributed by atoms with Crippen molar-refractivity contribution in [1.29, 1.82) is 0 Å². The maximum absolute atomic E-state index is 12.4. The zero-order valence-electron chi connectivity index (χ0n) is 20.6. The average molecular weight is 473 g/mol. The molecular formula is C25H36N4O5. The molecule has 1 aliphatic carbocycles. The number of amides is 2. The van der Waals surface area contributed by atoms with Gasteiger partial charge >= 0.3 is 11.8 Å². The molecule has 1 N–H and O–H groups in total. The Kier molecular flexibility index (Phi) is 8.17. The van der Waals surface area contributed by atoms with Gasteiger partial charge < -0.3 is 19.5 Å². The summed E-state index contributed by atoms with van der Waals surface area (Å²) in [5.41, 5.74) is -0.537. The molecule has 0 atom stereocenters. The van der Waals surface area contributed by atoms with E-state index in [1.807, 2.05) is 25.7 Å². The van der Waals surface area contributed by atoms with Crippen molar-refractivity contribution in [2.45, 2.75) is 58.5 Å². The van der Waals surface area contributed by atoms with Crippen LogP contribution in [0.4, 0.5) is 4.79 Å². The van der Waals surface area contributed by atoms with Crippen LogP contribution in [0.3, 0.4) is 0 Å². The molecule has 1 saturated carbocycles. The number of aromatic amines is 1. The van der Waals surface area contributed by atoms with Crippen molar-refractivity contribution < 1.29 is 14.3 Å². The molecule has 2 amide bonds. The highest BCUT2D eigenvalue weighted by Gasteiger charge is 2.31. The molecular weight excluding hydrogens is 436 g/mol. The van der Waals surface area contributed by atoms with Gasteiger partial charge in [-0.3, -0.25) is 14.2 Å². The lowest BCUT2D eigenvalue weighted by Crippen LogP contribution is -2.52. The molecule has 0 spiro atoms. The van der Waals surface area contributed by atoms with Gasteiger partial charge in [-0.2, -0.15) is 0 Å². The van der Waals surface area contributed by atoms with Gasteiger partial charge in [0.15, 0.2) is 0 Å². The maximum Gasteiger partial charge on any atom is 0.410 e. The van der Waals surface area contributed by atoms with E-state index >= 15 is 0 Å². The number of piperazine rings is 1. The molecule has 34 heavy (non-hydrogen) atoms. The normalized spacial score (nSPS) is 17.2. The fraction of sp³-hybridized carbons (Fsp3) is 0.600. The van der Waals surface area contributed by atoms with E-state index in [1.165, 1.54) is 26.3 Å². The van der Waals surface area contributed by atoms with Crippen molar-refractivity contribution >= 4 is 22.9 Å². The smallest absolute Gasteiger partial charge is 0.410 e. The van der Waals surface area contributed by atoms with Crippen LogP contribution in [-0.2, 0) is 16.6 Å². The highest BCUT2D eigenvalue weighted by Crippen LogP contribution is 2.26. The van der Waals surface area contributed by atoms with Gasteiger partial charge in [0.2, 0.25) is 5.91 Å². The first-order valence-corrected chi connectivity index (χ1v) is 12.0. The number of para-hydroxylation sites is 1.